The van der Waals surface area contributed by atoms with E-state index in [4.69, 9.17) is 0 Å². The van der Waals surface area contributed by atoms with Crippen molar-refractivity contribution in [1.29, 1.82) is 0 Å². The average Bonchev–Trinajstić information content (AvgIpc) is 3.01. The third kappa shape index (κ3) is 3.97. The van der Waals surface area contributed by atoms with Crippen LogP contribution in [-0.4, -0.2) is 39.1 Å². The van der Waals surface area contributed by atoms with Crippen molar-refractivity contribution in [3.63, 3.8) is 0 Å². The molecule has 2 heterocycles. The Morgan fingerprint density at radius 1 is 1.33 bits per heavy atom. The van der Waals surface area contributed by atoms with E-state index in [9.17, 15) is 9.59 Å². The molecule has 7 heteroatoms. The first-order valence-corrected chi connectivity index (χ1v) is 8.96. The summed E-state index contributed by atoms with van der Waals surface area (Å²) >= 11 is 1.40. The van der Waals surface area contributed by atoms with Crippen LogP contribution in [0.3, 0.4) is 0 Å². The van der Waals surface area contributed by atoms with E-state index < -0.39 is 0 Å². The van der Waals surface area contributed by atoms with Gasteiger partial charge >= 0.3 is 0 Å². The number of nitrogens with one attached hydrogen (secondary N) is 1. The molecule has 0 saturated carbocycles. The van der Waals surface area contributed by atoms with Gasteiger partial charge in [-0.1, -0.05) is 18.2 Å². The van der Waals surface area contributed by atoms with Crippen LogP contribution in [-0.2, 0) is 16.6 Å². The van der Waals surface area contributed by atoms with E-state index in [0.29, 0.717) is 12.4 Å². The van der Waals surface area contributed by atoms with Crippen molar-refractivity contribution in [2.24, 2.45) is 7.05 Å². The Morgan fingerprint density at radius 2 is 2.12 bits per heavy atom. The Kier molecular flexibility index (Phi) is 5.20. The van der Waals surface area contributed by atoms with Crippen molar-refractivity contribution in [2.75, 3.05) is 22.5 Å². The Bertz CT molecular complexity index is 716. The number of hydrogen-bond donors (Lipinski definition) is 1. The van der Waals surface area contributed by atoms with Crippen molar-refractivity contribution >= 4 is 35.1 Å². The molecule has 0 unspecified atom stereocenters. The van der Waals surface area contributed by atoms with Gasteiger partial charge in [0.25, 0.3) is 0 Å². The molecule has 126 valence electrons. The number of piperidine rings is 1. The highest BCUT2D eigenvalue weighted by atomic mass is 32.2. The van der Waals surface area contributed by atoms with E-state index in [1.54, 1.807) is 9.58 Å². The van der Waals surface area contributed by atoms with Crippen molar-refractivity contribution < 1.29 is 9.59 Å². The van der Waals surface area contributed by atoms with Crippen LogP contribution in [0.15, 0.2) is 42.6 Å². The lowest BCUT2D eigenvalue weighted by Gasteiger charge is -2.30. The number of aromatic nitrogens is 2. The van der Waals surface area contributed by atoms with Crippen LogP contribution in [0, 0.1) is 0 Å². The maximum Gasteiger partial charge on any atom is 0.241 e. The van der Waals surface area contributed by atoms with E-state index >= 15 is 0 Å². The standard InChI is InChI=1S/C17H20N4O2S/c1-20-11-9-15(19-20)21-10-5-8-14(17(21)23)24-12-16(22)18-13-6-3-2-4-7-13/h2-4,6-7,9,11,14H,5,8,10,12H2,1H3,(H,18,22)/t14-/m0/s1. The number of thioether (sulfide) groups is 1. The fraction of sp³-hybridized carbons (Fsp3) is 0.353. The molecule has 1 atom stereocenters. The minimum atomic E-state index is -0.192. The van der Waals surface area contributed by atoms with Crippen molar-refractivity contribution in [3.05, 3.63) is 42.6 Å². The molecule has 0 spiro atoms. The van der Waals surface area contributed by atoms with Gasteiger partial charge < -0.3 is 5.32 Å². The van der Waals surface area contributed by atoms with Crippen LogP contribution in [0.25, 0.3) is 0 Å². The van der Waals surface area contributed by atoms with E-state index in [-0.39, 0.29) is 22.8 Å². The van der Waals surface area contributed by atoms with Gasteiger partial charge in [0.1, 0.15) is 0 Å². The number of rotatable bonds is 5. The SMILES string of the molecule is Cn1ccc(N2CCC[C@H](SCC(=O)Nc3ccccc3)C2=O)n1. The number of benzene rings is 1. The summed E-state index contributed by atoms with van der Waals surface area (Å²) < 4.78 is 1.69. The van der Waals surface area contributed by atoms with Crippen LogP contribution >= 0.6 is 11.8 Å². The van der Waals surface area contributed by atoms with Crippen molar-refractivity contribution in [3.8, 4) is 0 Å². The van der Waals surface area contributed by atoms with Crippen molar-refractivity contribution in [2.45, 2.75) is 18.1 Å². The van der Waals surface area contributed by atoms with Crippen LogP contribution in [0.1, 0.15) is 12.8 Å². The molecular weight excluding hydrogens is 324 g/mol. The highest BCUT2D eigenvalue weighted by molar-refractivity contribution is 8.01. The second-order valence-corrected chi connectivity index (χ2v) is 6.88. The van der Waals surface area contributed by atoms with Crippen LogP contribution in [0.5, 0.6) is 0 Å². The van der Waals surface area contributed by atoms with Crippen LogP contribution in [0.4, 0.5) is 11.5 Å². The molecule has 1 aromatic heterocycles. The fourth-order valence-corrected chi connectivity index (χ4v) is 3.69. The van der Waals surface area contributed by atoms with Gasteiger partial charge in [-0.05, 0) is 25.0 Å². The zero-order chi connectivity index (χ0) is 16.9. The third-order valence-corrected chi connectivity index (χ3v) is 5.11. The maximum atomic E-state index is 12.6. The fourth-order valence-electron chi connectivity index (χ4n) is 2.67. The molecular formula is C17H20N4O2S. The van der Waals surface area contributed by atoms with Gasteiger partial charge in [0.15, 0.2) is 5.82 Å². The quantitative estimate of drug-likeness (QED) is 0.904. The summed E-state index contributed by atoms with van der Waals surface area (Å²) in [5, 5.41) is 6.95. The summed E-state index contributed by atoms with van der Waals surface area (Å²) in [4.78, 5) is 26.4. The molecule has 0 radical (unpaired) electrons. The molecule has 1 aliphatic heterocycles. The number of para-hydroxylation sites is 1. The summed E-state index contributed by atoms with van der Waals surface area (Å²) in [5.74, 6) is 0.898. The topological polar surface area (TPSA) is 67.2 Å². The second kappa shape index (κ2) is 7.53. The molecule has 3 rings (SSSR count). The van der Waals surface area contributed by atoms with E-state index in [0.717, 1.165) is 18.5 Å². The maximum absolute atomic E-state index is 12.6. The first-order chi connectivity index (χ1) is 11.6. The highest BCUT2D eigenvalue weighted by Crippen LogP contribution is 2.27. The van der Waals surface area contributed by atoms with E-state index in [2.05, 4.69) is 10.4 Å². The van der Waals surface area contributed by atoms with Crippen molar-refractivity contribution in [1.82, 2.24) is 9.78 Å². The molecule has 2 amide bonds. The van der Waals surface area contributed by atoms with Gasteiger partial charge in [-0.3, -0.25) is 19.2 Å². The molecule has 1 aromatic carbocycles. The molecule has 1 saturated heterocycles. The van der Waals surface area contributed by atoms with E-state index in [1.165, 1.54) is 11.8 Å². The molecule has 2 aromatic rings. The van der Waals surface area contributed by atoms with Gasteiger partial charge in [0.05, 0.1) is 11.0 Å². The first kappa shape index (κ1) is 16.6. The van der Waals surface area contributed by atoms with Crippen LogP contribution < -0.4 is 10.2 Å². The van der Waals surface area contributed by atoms with Gasteiger partial charge in [-0.2, -0.15) is 5.10 Å². The largest absolute Gasteiger partial charge is 0.325 e. The molecule has 6 nitrogen and oxygen atoms in total. The zero-order valence-corrected chi connectivity index (χ0v) is 14.3. The number of amides is 2. The number of carbonyl (C=O) groups excluding carboxylic acids is 2. The summed E-state index contributed by atoms with van der Waals surface area (Å²) in [6, 6.07) is 11.2. The molecule has 1 N–H and O–H groups in total. The third-order valence-electron chi connectivity index (χ3n) is 3.84. The molecule has 1 fully saturated rings. The lowest BCUT2D eigenvalue weighted by molar-refractivity contribution is -0.119. The molecule has 24 heavy (non-hydrogen) atoms. The van der Waals surface area contributed by atoms with Gasteiger partial charge in [-0.25, -0.2) is 0 Å². The Balaban J connectivity index is 1.55. The molecule has 1 aliphatic rings. The average molecular weight is 344 g/mol. The lowest BCUT2D eigenvalue weighted by atomic mass is 10.1. The predicted molar refractivity (Wildman–Crippen MR) is 96.1 cm³/mol. The number of carbonyl (C=O) groups is 2. The lowest BCUT2D eigenvalue weighted by Crippen LogP contribution is -2.43. The second-order valence-electron chi connectivity index (χ2n) is 5.69. The van der Waals surface area contributed by atoms with Gasteiger partial charge in [0, 0.05) is 31.5 Å². The van der Waals surface area contributed by atoms with Crippen LogP contribution in [0.2, 0.25) is 0 Å². The highest BCUT2D eigenvalue weighted by Gasteiger charge is 2.31. The predicted octanol–water partition coefficient (Wildman–Crippen LogP) is 2.29. The van der Waals surface area contributed by atoms with Gasteiger partial charge in [0.2, 0.25) is 11.8 Å². The Labute approximate surface area is 145 Å². The summed E-state index contributed by atoms with van der Waals surface area (Å²) in [5.41, 5.74) is 0.771. The molecule has 0 bridgehead atoms. The van der Waals surface area contributed by atoms with Gasteiger partial charge in [-0.15, -0.1) is 11.8 Å². The number of hydrogen-bond acceptors (Lipinski definition) is 4. The smallest absolute Gasteiger partial charge is 0.241 e. The normalized spacial score (nSPS) is 17.8. The first-order valence-electron chi connectivity index (χ1n) is 7.91. The Hall–Kier alpha value is -2.28. The minimum Gasteiger partial charge on any atom is -0.325 e. The summed E-state index contributed by atoms with van der Waals surface area (Å²) in [6.45, 7) is 0.684. The van der Waals surface area contributed by atoms with E-state index in [1.807, 2.05) is 49.6 Å². The zero-order valence-electron chi connectivity index (χ0n) is 13.5. The number of anilines is 2. The number of nitrogens with zero attached hydrogens (tertiary/aromatic N) is 3. The number of aryl methyl sites for hydroxylation is 1. The Morgan fingerprint density at radius 3 is 2.83 bits per heavy atom. The molecule has 0 aliphatic carbocycles. The minimum absolute atomic E-state index is 0.0393. The summed E-state index contributed by atoms with van der Waals surface area (Å²) in [7, 11) is 1.83. The summed E-state index contributed by atoms with van der Waals surface area (Å²) in [6.07, 6.45) is 3.54. The monoisotopic (exact) mass is 344 g/mol.